The molecule has 1 unspecified atom stereocenters. The second kappa shape index (κ2) is 7.95. The molecular weight excluding hydrogens is 374 g/mol. The number of piperidine rings is 1. The molecule has 2 aromatic carbocycles. The van der Waals surface area contributed by atoms with Crippen LogP contribution in [0.1, 0.15) is 37.2 Å². The largest absolute Gasteiger partial charge is 0.361 e. The number of carbonyl (C=O) groups excluding carboxylic acids is 1. The van der Waals surface area contributed by atoms with Gasteiger partial charge in [0.05, 0.1) is 17.1 Å². The van der Waals surface area contributed by atoms with E-state index in [0.29, 0.717) is 0 Å². The third-order valence-corrected chi connectivity index (χ3v) is 6.20. The predicted octanol–water partition coefficient (Wildman–Crippen LogP) is 4.13. The lowest BCUT2D eigenvalue weighted by Gasteiger charge is -2.31. The van der Waals surface area contributed by atoms with E-state index in [1.165, 1.54) is 16.5 Å². The molecule has 0 radical (unpaired) electrons. The second-order valence-corrected chi connectivity index (χ2v) is 8.28. The fraction of sp³-hybridized carbons (Fsp3) is 0.333. The average molecular weight is 402 g/mol. The summed E-state index contributed by atoms with van der Waals surface area (Å²) in [4.78, 5) is 26.5. The molecule has 0 bridgehead atoms. The van der Waals surface area contributed by atoms with Crippen molar-refractivity contribution in [1.82, 2.24) is 25.2 Å². The van der Waals surface area contributed by atoms with Crippen LogP contribution in [-0.4, -0.2) is 38.8 Å². The number of nitrogens with zero attached hydrogens (tertiary/aromatic N) is 2. The molecular formula is C24H27N5O. The van der Waals surface area contributed by atoms with Crippen LogP contribution in [0, 0.1) is 5.92 Å². The van der Waals surface area contributed by atoms with Crippen molar-refractivity contribution >= 4 is 27.8 Å². The minimum Gasteiger partial charge on any atom is -0.361 e. The normalized spacial score (nSPS) is 16.8. The molecule has 3 heterocycles. The molecule has 1 aliphatic heterocycles. The lowest BCUT2D eigenvalue weighted by atomic mass is 9.95. The molecule has 5 rings (SSSR count). The number of aromatic nitrogens is 3. The first-order chi connectivity index (χ1) is 14.7. The first-order valence-corrected chi connectivity index (χ1v) is 10.7. The number of nitrogens with one attached hydrogen (secondary N) is 3. The Morgan fingerprint density at radius 1 is 1.13 bits per heavy atom. The number of hydrogen-bond donors (Lipinski definition) is 3. The molecule has 1 aliphatic rings. The van der Waals surface area contributed by atoms with E-state index in [2.05, 4.69) is 55.6 Å². The van der Waals surface area contributed by atoms with Crippen LogP contribution in [0.5, 0.6) is 0 Å². The third-order valence-electron chi connectivity index (χ3n) is 6.20. The highest BCUT2D eigenvalue weighted by Crippen LogP contribution is 2.24. The number of para-hydroxylation sites is 3. The number of rotatable bonds is 5. The number of carbonyl (C=O) groups is 1. The van der Waals surface area contributed by atoms with Gasteiger partial charge in [0.25, 0.3) is 0 Å². The standard InChI is InChI=1S/C24H27N5O/c1-16(23-27-21-8-4-5-9-22(21)28-23)26-24(30)17-10-12-29(13-11-17)15-18-14-25-20-7-3-2-6-19(18)20/h2-9,14,16-17,25H,10-13,15H2,1H3,(H,26,30)(H,27,28). The molecule has 154 valence electrons. The summed E-state index contributed by atoms with van der Waals surface area (Å²) in [6, 6.07) is 16.2. The molecule has 0 saturated carbocycles. The van der Waals surface area contributed by atoms with Crippen molar-refractivity contribution in [2.45, 2.75) is 32.4 Å². The van der Waals surface area contributed by atoms with E-state index in [1.54, 1.807) is 0 Å². The number of benzene rings is 2. The number of likely N-dealkylation sites (tertiary alicyclic amines) is 1. The van der Waals surface area contributed by atoms with Gasteiger partial charge in [-0.05, 0) is 56.6 Å². The fourth-order valence-electron chi connectivity index (χ4n) is 4.43. The van der Waals surface area contributed by atoms with Crippen LogP contribution in [0.4, 0.5) is 0 Å². The Morgan fingerprint density at radius 3 is 2.67 bits per heavy atom. The molecule has 30 heavy (non-hydrogen) atoms. The van der Waals surface area contributed by atoms with Crippen LogP contribution in [0.25, 0.3) is 21.9 Å². The summed E-state index contributed by atoms with van der Waals surface area (Å²) in [5, 5.41) is 4.44. The number of hydrogen-bond acceptors (Lipinski definition) is 3. The zero-order valence-electron chi connectivity index (χ0n) is 17.2. The first-order valence-electron chi connectivity index (χ1n) is 10.7. The van der Waals surface area contributed by atoms with Crippen molar-refractivity contribution in [2.75, 3.05) is 13.1 Å². The van der Waals surface area contributed by atoms with Crippen molar-refractivity contribution in [3.05, 3.63) is 66.1 Å². The smallest absolute Gasteiger partial charge is 0.223 e. The first kappa shape index (κ1) is 18.9. The molecule has 1 atom stereocenters. The topological polar surface area (TPSA) is 76.8 Å². The van der Waals surface area contributed by atoms with Gasteiger partial charge in [0.2, 0.25) is 5.91 Å². The van der Waals surface area contributed by atoms with E-state index in [-0.39, 0.29) is 17.9 Å². The SMILES string of the molecule is CC(NC(=O)C1CCN(Cc2c[nH]c3ccccc23)CC1)c1nc2ccccc2[nH]1. The molecule has 1 fully saturated rings. The van der Waals surface area contributed by atoms with Crippen LogP contribution >= 0.6 is 0 Å². The summed E-state index contributed by atoms with van der Waals surface area (Å²) in [7, 11) is 0. The fourth-order valence-corrected chi connectivity index (χ4v) is 4.43. The van der Waals surface area contributed by atoms with Crippen LogP contribution < -0.4 is 5.32 Å². The van der Waals surface area contributed by atoms with Gasteiger partial charge >= 0.3 is 0 Å². The molecule has 2 aromatic heterocycles. The Bertz CT molecular complexity index is 1140. The van der Waals surface area contributed by atoms with Gasteiger partial charge in [-0.25, -0.2) is 4.98 Å². The lowest BCUT2D eigenvalue weighted by molar-refractivity contribution is -0.127. The summed E-state index contributed by atoms with van der Waals surface area (Å²) >= 11 is 0. The quantitative estimate of drug-likeness (QED) is 0.470. The van der Waals surface area contributed by atoms with Crippen molar-refractivity contribution in [3.8, 4) is 0 Å². The number of fused-ring (bicyclic) bond motifs is 2. The second-order valence-electron chi connectivity index (χ2n) is 8.28. The summed E-state index contributed by atoms with van der Waals surface area (Å²) in [5.74, 6) is 1.01. The molecule has 0 spiro atoms. The molecule has 6 nitrogen and oxygen atoms in total. The minimum atomic E-state index is -0.130. The van der Waals surface area contributed by atoms with Gasteiger partial charge in [-0.15, -0.1) is 0 Å². The maximum Gasteiger partial charge on any atom is 0.223 e. The highest BCUT2D eigenvalue weighted by Gasteiger charge is 2.27. The van der Waals surface area contributed by atoms with Crippen LogP contribution in [0.15, 0.2) is 54.7 Å². The number of H-pyrrole nitrogens is 2. The van der Waals surface area contributed by atoms with Crippen LogP contribution in [0.2, 0.25) is 0 Å². The Kier molecular flexibility index (Phi) is 5.01. The van der Waals surface area contributed by atoms with Gasteiger partial charge in [-0.2, -0.15) is 0 Å². The monoisotopic (exact) mass is 401 g/mol. The average Bonchev–Trinajstić information content (AvgIpc) is 3.39. The van der Waals surface area contributed by atoms with E-state index in [0.717, 1.165) is 49.3 Å². The highest BCUT2D eigenvalue weighted by atomic mass is 16.2. The summed E-state index contributed by atoms with van der Waals surface area (Å²) in [5.41, 5.74) is 4.44. The maximum absolute atomic E-state index is 12.8. The minimum absolute atomic E-state index is 0.0658. The van der Waals surface area contributed by atoms with Crippen LogP contribution in [-0.2, 0) is 11.3 Å². The Morgan fingerprint density at radius 2 is 1.87 bits per heavy atom. The van der Waals surface area contributed by atoms with E-state index in [9.17, 15) is 4.79 Å². The zero-order valence-corrected chi connectivity index (χ0v) is 17.2. The van der Waals surface area contributed by atoms with Crippen molar-refractivity contribution < 1.29 is 4.79 Å². The van der Waals surface area contributed by atoms with Crippen molar-refractivity contribution in [2.24, 2.45) is 5.92 Å². The molecule has 3 N–H and O–H groups in total. The maximum atomic E-state index is 12.8. The summed E-state index contributed by atoms with van der Waals surface area (Å²) < 4.78 is 0. The third kappa shape index (κ3) is 3.71. The van der Waals surface area contributed by atoms with Crippen molar-refractivity contribution in [1.29, 1.82) is 0 Å². The Hall–Kier alpha value is -3.12. The van der Waals surface area contributed by atoms with Gasteiger partial charge in [-0.1, -0.05) is 30.3 Å². The molecule has 4 aromatic rings. The molecule has 1 saturated heterocycles. The number of aromatic amines is 2. The molecule has 6 heteroatoms. The van der Waals surface area contributed by atoms with E-state index in [4.69, 9.17) is 0 Å². The lowest BCUT2D eigenvalue weighted by Crippen LogP contribution is -2.41. The number of imidazole rings is 1. The van der Waals surface area contributed by atoms with Crippen LogP contribution in [0.3, 0.4) is 0 Å². The van der Waals surface area contributed by atoms with E-state index < -0.39 is 0 Å². The summed E-state index contributed by atoms with van der Waals surface area (Å²) in [6.07, 6.45) is 3.89. The zero-order chi connectivity index (χ0) is 20.5. The number of amides is 1. The summed E-state index contributed by atoms with van der Waals surface area (Å²) in [6.45, 7) is 4.79. The van der Waals surface area contributed by atoms with Gasteiger partial charge in [0.1, 0.15) is 5.82 Å². The van der Waals surface area contributed by atoms with Gasteiger partial charge < -0.3 is 15.3 Å². The van der Waals surface area contributed by atoms with E-state index >= 15 is 0 Å². The Labute approximate surface area is 175 Å². The van der Waals surface area contributed by atoms with Crippen molar-refractivity contribution in [3.63, 3.8) is 0 Å². The molecule has 0 aliphatic carbocycles. The van der Waals surface area contributed by atoms with Gasteiger partial charge in [0, 0.05) is 29.6 Å². The Balaban J connectivity index is 1.16. The molecule has 1 amide bonds. The highest BCUT2D eigenvalue weighted by molar-refractivity contribution is 5.83. The van der Waals surface area contributed by atoms with E-state index in [1.807, 2.05) is 31.2 Å². The predicted molar refractivity (Wildman–Crippen MR) is 119 cm³/mol. The van der Waals surface area contributed by atoms with Gasteiger partial charge in [-0.3, -0.25) is 9.69 Å². The van der Waals surface area contributed by atoms with Gasteiger partial charge in [0.15, 0.2) is 0 Å².